The number of primary amides is 1. The number of anilines is 1. The fraction of sp³-hybridized carbons (Fsp3) is 0.444. The molecule has 7 nitrogen and oxygen atoms in total. The molecule has 0 aliphatic rings. The van der Waals surface area contributed by atoms with E-state index >= 15 is 0 Å². The first-order valence-corrected chi connectivity index (χ1v) is 4.71. The predicted octanol–water partition coefficient (Wildman–Crippen LogP) is -0.767. The fourth-order valence-electron chi connectivity index (χ4n) is 0.954. The van der Waals surface area contributed by atoms with Gasteiger partial charge in [0.15, 0.2) is 0 Å². The van der Waals surface area contributed by atoms with Gasteiger partial charge in [-0.3, -0.25) is 14.7 Å². The second-order valence-corrected chi connectivity index (χ2v) is 4.13. The minimum atomic E-state index is -0.801. The summed E-state index contributed by atoms with van der Waals surface area (Å²) in [5.41, 5.74) is 10.3. The van der Waals surface area contributed by atoms with Gasteiger partial charge in [0.05, 0.1) is 17.3 Å². The number of carbonyl (C=O) groups is 2. The number of carbonyl (C=O) groups excluding carboxylic acids is 2. The molecule has 1 heterocycles. The number of hydrogen-bond acceptors (Lipinski definition) is 4. The Hall–Kier alpha value is -2.05. The van der Waals surface area contributed by atoms with Crippen LogP contribution >= 0.6 is 0 Å². The molecule has 1 aromatic heterocycles. The van der Waals surface area contributed by atoms with E-state index in [9.17, 15) is 9.59 Å². The highest BCUT2D eigenvalue weighted by Gasteiger charge is 2.26. The van der Waals surface area contributed by atoms with Crippen molar-refractivity contribution in [2.24, 2.45) is 11.1 Å². The van der Waals surface area contributed by atoms with E-state index in [1.165, 1.54) is 6.20 Å². The molecule has 16 heavy (non-hydrogen) atoms. The molecule has 2 amide bonds. The average Bonchev–Trinajstić information content (AvgIpc) is 2.61. The van der Waals surface area contributed by atoms with Crippen molar-refractivity contribution < 1.29 is 9.59 Å². The summed E-state index contributed by atoms with van der Waals surface area (Å²) in [6.45, 7) is 3.43. The van der Waals surface area contributed by atoms with Gasteiger partial charge in [-0.05, 0) is 13.8 Å². The first-order valence-electron chi connectivity index (χ1n) is 4.71. The van der Waals surface area contributed by atoms with E-state index in [0.717, 1.165) is 0 Å². The summed E-state index contributed by atoms with van der Waals surface area (Å²) in [5, 5.41) is 8.64. The lowest BCUT2D eigenvalue weighted by molar-refractivity contribution is -0.125. The number of rotatable bonds is 4. The van der Waals surface area contributed by atoms with Crippen LogP contribution in [0.15, 0.2) is 6.20 Å². The topological polar surface area (TPSA) is 127 Å². The molecule has 0 radical (unpaired) electrons. The Morgan fingerprint density at radius 3 is 2.62 bits per heavy atom. The van der Waals surface area contributed by atoms with Crippen molar-refractivity contribution in [2.45, 2.75) is 13.8 Å². The zero-order valence-corrected chi connectivity index (χ0v) is 9.20. The minimum absolute atomic E-state index is 0.139. The number of nitrogens with one attached hydrogen (secondary N) is 2. The smallest absolute Gasteiger partial charge is 0.271 e. The number of aromatic amines is 1. The molecule has 0 bridgehead atoms. The van der Waals surface area contributed by atoms with Crippen LogP contribution in [0.25, 0.3) is 0 Å². The monoisotopic (exact) mass is 225 g/mol. The van der Waals surface area contributed by atoms with E-state index < -0.39 is 17.2 Å². The maximum atomic E-state index is 11.6. The van der Waals surface area contributed by atoms with E-state index in [4.69, 9.17) is 11.5 Å². The van der Waals surface area contributed by atoms with Crippen LogP contribution < -0.4 is 16.8 Å². The molecule has 0 aliphatic heterocycles. The number of nitrogens with zero attached hydrogens (tertiary/aromatic N) is 1. The Morgan fingerprint density at radius 2 is 2.19 bits per heavy atom. The van der Waals surface area contributed by atoms with Crippen molar-refractivity contribution >= 4 is 17.5 Å². The van der Waals surface area contributed by atoms with Gasteiger partial charge in [-0.1, -0.05) is 0 Å². The van der Waals surface area contributed by atoms with E-state index in [-0.39, 0.29) is 17.9 Å². The van der Waals surface area contributed by atoms with Crippen molar-refractivity contribution in [2.75, 3.05) is 12.3 Å². The molecular weight excluding hydrogens is 210 g/mol. The number of hydrogen-bond donors (Lipinski definition) is 4. The predicted molar refractivity (Wildman–Crippen MR) is 58.3 cm³/mol. The Labute approximate surface area is 92.6 Å². The Kier molecular flexibility index (Phi) is 3.17. The lowest BCUT2D eigenvalue weighted by Gasteiger charge is -2.20. The van der Waals surface area contributed by atoms with Crippen LogP contribution in [0.3, 0.4) is 0 Å². The fourth-order valence-corrected chi connectivity index (χ4v) is 0.954. The van der Waals surface area contributed by atoms with E-state index in [2.05, 4.69) is 15.5 Å². The van der Waals surface area contributed by atoms with Gasteiger partial charge in [0, 0.05) is 6.54 Å². The normalized spacial score (nSPS) is 11.1. The first-order chi connectivity index (χ1) is 7.34. The number of H-pyrrole nitrogens is 1. The lowest BCUT2D eigenvalue weighted by Crippen LogP contribution is -2.42. The van der Waals surface area contributed by atoms with E-state index in [1.54, 1.807) is 13.8 Å². The molecule has 6 N–H and O–H groups in total. The third-order valence-electron chi connectivity index (χ3n) is 2.25. The third-order valence-corrected chi connectivity index (χ3v) is 2.25. The van der Waals surface area contributed by atoms with Crippen molar-refractivity contribution in [1.82, 2.24) is 15.5 Å². The average molecular weight is 225 g/mol. The molecule has 88 valence electrons. The van der Waals surface area contributed by atoms with Gasteiger partial charge < -0.3 is 16.8 Å². The number of nitrogens with two attached hydrogens (primary N) is 2. The summed E-state index contributed by atoms with van der Waals surface area (Å²) < 4.78 is 0. The number of aromatic nitrogens is 2. The van der Waals surface area contributed by atoms with Gasteiger partial charge in [0.1, 0.15) is 5.69 Å². The Balaban J connectivity index is 2.61. The van der Waals surface area contributed by atoms with Gasteiger partial charge >= 0.3 is 0 Å². The SMILES string of the molecule is CC(C)(CNC(=O)c1[nH]ncc1N)C(N)=O. The highest BCUT2D eigenvalue weighted by molar-refractivity contribution is 5.97. The second-order valence-electron chi connectivity index (χ2n) is 4.13. The van der Waals surface area contributed by atoms with Crippen LogP contribution in [0.4, 0.5) is 5.69 Å². The largest absolute Gasteiger partial charge is 0.396 e. The van der Waals surface area contributed by atoms with Crippen LogP contribution in [0.1, 0.15) is 24.3 Å². The quantitative estimate of drug-likeness (QED) is 0.536. The maximum Gasteiger partial charge on any atom is 0.271 e. The molecule has 0 unspecified atom stereocenters. The van der Waals surface area contributed by atoms with Crippen LogP contribution in [-0.4, -0.2) is 28.6 Å². The summed E-state index contributed by atoms with van der Waals surface area (Å²) in [4.78, 5) is 22.6. The van der Waals surface area contributed by atoms with Crippen LogP contribution in [0.2, 0.25) is 0 Å². The summed E-state index contributed by atoms with van der Waals surface area (Å²) in [6.07, 6.45) is 1.34. The summed E-state index contributed by atoms with van der Waals surface area (Å²) in [7, 11) is 0. The van der Waals surface area contributed by atoms with Gasteiger partial charge in [-0.2, -0.15) is 5.10 Å². The summed E-state index contributed by atoms with van der Waals surface area (Å²) >= 11 is 0. The molecular formula is C9H15N5O2. The van der Waals surface area contributed by atoms with Gasteiger partial charge in [0.25, 0.3) is 5.91 Å². The van der Waals surface area contributed by atoms with Crippen molar-refractivity contribution in [3.63, 3.8) is 0 Å². The summed E-state index contributed by atoms with van der Waals surface area (Å²) in [5.74, 6) is -0.894. The molecule has 0 aromatic carbocycles. The zero-order valence-electron chi connectivity index (χ0n) is 9.20. The van der Waals surface area contributed by atoms with E-state index in [1.807, 2.05) is 0 Å². The molecule has 0 fully saturated rings. The zero-order chi connectivity index (χ0) is 12.3. The second kappa shape index (κ2) is 4.21. The molecule has 7 heteroatoms. The highest BCUT2D eigenvalue weighted by atomic mass is 16.2. The molecule has 1 rings (SSSR count). The number of amides is 2. The molecule has 0 spiro atoms. The third kappa shape index (κ3) is 2.50. The Morgan fingerprint density at radius 1 is 1.56 bits per heavy atom. The highest BCUT2D eigenvalue weighted by Crippen LogP contribution is 2.13. The standard InChI is InChI=1S/C9H15N5O2/c1-9(2,8(11)16)4-12-7(15)6-5(10)3-13-14-6/h3H,4,10H2,1-2H3,(H2,11,16)(H,12,15)(H,13,14). The van der Waals surface area contributed by atoms with Crippen LogP contribution in [-0.2, 0) is 4.79 Å². The molecule has 0 saturated carbocycles. The van der Waals surface area contributed by atoms with Gasteiger partial charge in [0.2, 0.25) is 5.91 Å². The molecule has 0 saturated heterocycles. The minimum Gasteiger partial charge on any atom is -0.396 e. The van der Waals surface area contributed by atoms with E-state index in [0.29, 0.717) is 0 Å². The van der Waals surface area contributed by atoms with Crippen LogP contribution in [0.5, 0.6) is 0 Å². The van der Waals surface area contributed by atoms with Crippen molar-refractivity contribution in [3.05, 3.63) is 11.9 Å². The Bertz CT molecular complexity index is 410. The maximum absolute atomic E-state index is 11.6. The van der Waals surface area contributed by atoms with Crippen molar-refractivity contribution in [1.29, 1.82) is 0 Å². The summed E-state index contributed by atoms with van der Waals surface area (Å²) in [6, 6.07) is 0. The number of nitrogen functional groups attached to an aromatic ring is 1. The lowest BCUT2D eigenvalue weighted by atomic mass is 9.93. The van der Waals surface area contributed by atoms with Crippen LogP contribution in [0, 0.1) is 5.41 Å². The molecule has 0 aliphatic carbocycles. The molecule has 0 atom stereocenters. The first kappa shape index (κ1) is 12.0. The van der Waals surface area contributed by atoms with Gasteiger partial charge in [-0.15, -0.1) is 0 Å². The molecule has 1 aromatic rings. The van der Waals surface area contributed by atoms with Crippen molar-refractivity contribution in [3.8, 4) is 0 Å². The van der Waals surface area contributed by atoms with Gasteiger partial charge in [-0.25, -0.2) is 0 Å².